The molecule has 1 aromatic heterocycles. The van der Waals surface area contributed by atoms with Gasteiger partial charge in [0.2, 0.25) is 5.91 Å². The van der Waals surface area contributed by atoms with Crippen molar-refractivity contribution in [1.29, 1.82) is 0 Å². The van der Waals surface area contributed by atoms with Gasteiger partial charge in [0.25, 0.3) is 5.91 Å². The number of nitrogen functional groups attached to an aromatic ring is 1. The zero-order chi connectivity index (χ0) is 15.0. The van der Waals surface area contributed by atoms with Gasteiger partial charge < -0.3 is 16.4 Å². The van der Waals surface area contributed by atoms with Crippen molar-refractivity contribution < 1.29 is 9.59 Å². The third-order valence-electron chi connectivity index (χ3n) is 3.49. The molecule has 1 unspecified atom stereocenters. The summed E-state index contributed by atoms with van der Waals surface area (Å²) in [7, 11) is 0. The van der Waals surface area contributed by atoms with Crippen molar-refractivity contribution in [3.8, 4) is 0 Å². The van der Waals surface area contributed by atoms with Gasteiger partial charge in [-0.2, -0.15) is 0 Å². The van der Waals surface area contributed by atoms with Crippen LogP contribution in [0.25, 0.3) is 10.1 Å². The average Bonchev–Trinajstić information content (AvgIpc) is 3.01. The summed E-state index contributed by atoms with van der Waals surface area (Å²) in [6, 6.07) is 5.39. The summed E-state index contributed by atoms with van der Waals surface area (Å²) >= 11 is 7.29. The maximum Gasteiger partial charge on any atom is 0.263 e. The van der Waals surface area contributed by atoms with Crippen LogP contribution in [0.3, 0.4) is 0 Å². The first kappa shape index (κ1) is 14.2. The van der Waals surface area contributed by atoms with Gasteiger partial charge in [0.05, 0.1) is 5.69 Å². The molecule has 1 aliphatic rings. The van der Waals surface area contributed by atoms with E-state index in [-0.39, 0.29) is 17.9 Å². The van der Waals surface area contributed by atoms with Gasteiger partial charge in [-0.05, 0) is 24.6 Å². The molecule has 7 heteroatoms. The highest BCUT2D eigenvalue weighted by molar-refractivity contribution is 7.21. The molecule has 3 rings (SSSR count). The lowest BCUT2D eigenvalue weighted by Crippen LogP contribution is -2.38. The molecule has 1 aromatic carbocycles. The van der Waals surface area contributed by atoms with Crippen LogP contribution in [0.1, 0.15) is 22.5 Å². The monoisotopic (exact) mass is 323 g/mol. The third kappa shape index (κ3) is 2.82. The van der Waals surface area contributed by atoms with Crippen molar-refractivity contribution in [2.45, 2.75) is 18.9 Å². The minimum atomic E-state index is -0.217. The van der Waals surface area contributed by atoms with Gasteiger partial charge in [-0.1, -0.05) is 11.6 Å². The van der Waals surface area contributed by atoms with Crippen LogP contribution in [0.4, 0.5) is 5.69 Å². The predicted octanol–water partition coefficient (Wildman–Crippen LogP) is 2.15. The first-order chi connectivity index (χ1) is 10.0. The second kappa shape index (κ2) is 5.54. The Morgan fingerprint density at radius 3 is 3.05 bits per heavy atom. The number of carbonyl (C=O) groups excluding carboxylic acids is 2. The van der Waals surface area contributed by atoms with Crippen LogP contribution in [-0.2, 0) is 4.79 Å². The Morgan fingerprint density at radius 1 is 1.52 bits per heavy atom. The van der Waals surface area contributed by atoms with Crippen LogP contribution >= 0.6 is 22.9 Å². The molecule has 21 heavy (non-hydrogen) atoms. The van der Waals surface area contributed by atoms with Crippen molar-refractivity contribution in [1.82, 2.24) is 10.6 Å². The highest BCUT2D eigenvalue weighted by Crippen LogP contribution is 2.35. The molecule has 5 nitrogen and oxygen atoms in total. The van der Waals surface area contributed by atoms with Crippen molar-refractivity contribution in [2.24, 2.45) is 0 Å². The molecule has 2 aromatic rings. The average molecular weight is 324 g/mol. The van der Waals surface area contributed by atoms with Crippen LogP contribution < -0.4 is 16.4 Å². The van der Waals surface area contributed by atoms with E-state index >= 15 is 0 Å². The van der Waals surface area contributed by atoms with Crippen molar-refractivity contribution in [2.75, 3.05) is 12.3 Å². The summed E-state index contributed by atoms with van der Waals surface area (Å²) in [5.74, 6) is -0.184. The molecule has 1 fully saturated rings. The molecular formula is C14H14ClN3O2S. The Hall–Kier alpha value is -1.79. The second-order valence-corrected chi connectivity index (χ2v) is 6.49. The van der Waals surface area contributed by atoms with E-state index in [9.17, 15) is 9.59 Å². The van der Waals surface area contributed by atoms with E-state index < -0.39 is 0 Å². The van der Waals surface area contributed by atoms with Gasteiger partial charge in [-0.25, -0.2) is 0 Å². The first-order valence-electron chi connectivity index (χ1n) is 6.59. The number of hydrogen-bond donors (Lipinski definition) is 3. The molecule has 110 valence electrons. The number of nitrogens with two attached hydrogens (primary N) is 1. The molecule has 2 heterocycles. The van der Waals surface area contributed by atoms with E-state index in [4.69, 9.17) is 17.3 Å². The first-order valence-corrected chi connectivity index (χ1v) is 7.79. The fourth-order valence-electron chi connectivity index (χ4n) is 2.38. The van der Waals surface area contributed by atoms with E-state index in [0.29, 0.717) is 28.6 Å². The number of nitrogens with one attached hydrogen (secondary N) is 2. The molecular weight excluding hydrogens is 310 g/mol. The summed E-state index contributed by atoms with van der Waals surface area (Å²) in [6.07, 6.45) is 1.26. The summed E-state index contributed by atoms with van der Waals surface area (Å²) in [5.41, 5.74) is 6.49. The number of amides is 2. The number of hydrogen-bond acceptors (Lipinski definition) is 4. The number of fused-ring (bicyclic) bond motifs is 1. The molecule has 4 N–H and O–H groups in total. The molecule has 0 spiro atoms. The Bertz CT molecular complexity index is 728. The number of carbonyl (C=O) groups is 2. The maximum absolute atomic E-state index is 12.2. The topological polar surface area (TPSA) is 84.2 Å². The molecule has 1 saturated heterocycles. The molecule has 0 saturated carbocycles. The van der Waals surface area contributed by atoms with Crippen molar-refractivity contribution in [3.63, 3.8) is 0 Å². The zero-order valence-corrected chi connectivity index (χ0v) is 12.7. The fraction of sp³-hybridized carbons (Fsp3) is 0.286. The second-order valence-electron chi connectivity index (χ2n) is 5.00. The van der Waals surface area contributed by atoms with E-state index in [1.54, 1.807) is 12.1 Å². The zero-order valence-electron chi connectivity index (χ0n) is 11.1. The SMILES string of the molecule is Nc1c(C(=O)NCC2CCC(=O)N2)sc2ccc(Cl)cc12. The van der Waals surface area contributed by atoms with Gasteiger partial charge in [0.15, 0.2) is 0 Å². The Labute approximate surface area is 130 Å². The largest absolute Gasteiger partial charge is 0.397 e. The summed E-state index contributed by atoms with van der Waals surface area (Å²) in [5, 5.41) is 7.02. The van der Waals surface area contributed by atoms with Crippen LogP contribution in [-0.4, -0.2) is 24.4 Å². The quantitative estimate of drug-likeness (QED) is 0.809. The van der Waals surface area contributed by atoms with Crippen LogP contribution in [0.5, 0.6) is 0 Å². The van der Waals surface area contributed by atoms with Gasteiger partial charge in [-0.15, -0.1) is 11.3 Å². The van der Waals surface area contributed by atoms with Gasteiger partial charge >= 0.3 is 0 Å². The standard InChI is InChI=1S/C14H14ClN3O2S/c15-7-1-3-10-9(5-7)12(16)13(21-10)14(20)17-6-8-2-4-11(19)18-8/h1,3,5,8H,2,4,6,16H2,(H,17,20)(H,18,19). The van der Waals surface area contributed by atoms with Crippen LogP contribution in [0.2, 0.25) is 5.02 Å². The summed E-state index contributed by atoms with van der Waals surface area (Å²) < 4.78 is 0.927. The minimum Gasteiger partial charge on any atom is -0.397 e. The lowest BCUT2D eigenvalue weighted by molar-refractivity contribution is -0.119. The fourth-order valence-corrected chi connectivity index (χ4v) is 3.58. The van der Waals surface area contributed by atoms with E-state index in [2.05, 4.69) is 10.6 Å². The van der Waals surface area contributed by atoms with E-state index in [0.717, 1.165) is 16.5 Å². The molecule has 0 bridgehead atoms. The molecule has 1 aliphatic heterocycles. The lowest BCUT2D eigenvalue weighted by Gasteiger charge is -2.10. The molecule has 0 aliphatic carbocycles. The van der Waals surface area contributed by atoms with E-state index in [1.807, 2.05) is 6.07 Å². The predicted molar refractivity (Wildman–Crippen MR) is 84.7 cm³/mol. The summed E-state index contributed by atoms with van der Waals surface area (Å²) in [6.45, 7) is 0.416. The highest BCUT2D eigenvalue weighted by atomic mass is 35.5. The lowest BCUT2D eigenvalue weighted by atomic mass is 10.2. The number of anilines is 1. The molecule has 1 atom stereocenters. The van der Waals surface area contributed by atoms with Gasteiger partial charge in [0, 0.05) is 34.1 Å². The minimum absolute atomic E-state index is 0.00602. The number of thiophene rings is 1. The molecule has 2 amide bonds. The summed E-state index contributed by atoms with van der Waals surface area (Å²) in [4.78, 5) is 23.8. The van der Waals surface area contributed by atoms with Gasteiger partial charge in [0.1, 0.15) is 4.88 Å². The molecule has 0 radical (unpaired) electrons. The normalized spacial score (nSPS) is 18.0. The Kier molecular flexibility index (Phi) is 3.73. The smallest absolute Gasteiger partial charge is 0.263 e. The maximum atomic E-state index is 12.2. The number of rotatable bonds is 3. The number of benzene rings is 1. The van der Waals surface area contributed by atoms with Gasteiger partial charge in [-0.3, -0.25) is 9.59 Å². The van der Waals surface area contributed by atoms with E-state index in [1.165, 1.54) is 11.3 Å². The van der Waals surface area contributed by atoms with Crippen LogP contribution in [0.15, 0.2) is 18.2 Å². The highest BCUT2D eigenvalue weighted by Gasteiger charge is 2.22. The van der Waals surface area contributed by atoms with Crippen molar-refractivity contribution >= 4 is 50.5 Å². The Morgan fingerprint density at radius 2 is 2.33 bits per heavy atom. The Balaban J connectivity index is 1.75. The number of halogens is 1. The van der Waals surface area contributed by atoms with Crippen LogP contribution in [0, 0.1) is 0 Å². The van der Waals surface area contributed by atoms with Crippen molar-refractivity contribution in [3.05, 3.63) is 28.1 Å². The third-order valence-corrected chi connectivity index (χ3v) is 4.91.